The molecule has 2 aromatic rings. The summed E-state index contributed by atoms with van der Waals surface area (Å²) in [5.41, 5.74) is 0. The molecule has 0 atom stereocenters. The average molecular weight is 241 g/mol. The fraction of sp³-hybridized carbons (Fsp3) is 0.200. The van der Waals surface area contributed by atoms with Crippen LogP contribution < -0.4 is 4.74 Å². The summed E-state index contributed by atoms with van der Waals surface area (Å²) >= 11 is 7.32. The summed E-state index contributed by atoms with van der Waals surface area (Å²) in [6.45, 7) is 0.608. The monoisotopic (exact) mass is 240 g/mol. The van der Waals surface area contributed by atoms with Gasteiger partial charge in [0.05, 0.1) is 6.61 Å². The van der Waals surface area contributed by atoms with E-state index in [1.165, 1.54) is 4.88 Å². The van der Waals surface area contributed by atoms with Gasteiger partial charge in [-0.2, -0.15) is 0 Å². The van der Waals surface area contributed by atoms with E-state index < -0.39 is 0 Å². The van der Waals surface area contributed by atoms with Gasteiger partial charge in [0.15, 0.2) is 5.15 Å². The standard InChI is InChI=1S/C10H9ClN2OS/c11-9-3-4-10(13-12-9)14-6-5-8-2-1-7-15-8/h1-4,7H,5-6H2. The lowest BCUT2D eigenvalue weighted by Gasteiger charge is -2.02. The number of hydrogen-bond acceptors (Lipinski definition) is 4. The third-order valence-electron chi connectivity index (χ3n) is 1.79. The Morgan fingerprint density at radius 3 is 2.87 bits per heavy atom. The van der Waals surface area contributed by atoms with E-state index in [0.29, 0.717) is 17.6 Å². The molecule has 0 saturated heterocycles. The minimum absolute atomic E-state index is 0.376. The summed E-state index contributed by atoms with van der Waals surface area (Å²) < 4.78 is 5.41. The molecule has 15 heavy (non-hydrogen) atoms. The van der Waals surface area contributed by atoms with Gasteiger partial charge < -0.3 is 4.74 Å². The molecular formula is C10H9ClN2OS. The number of ether oxygens (including phenoxy) is 1. The Kier molecular flexibility index (Phi) is 3.53. The maximum Gasteiger partial charge on any atom is 0.233 e. The third-order valence-corrected chi connectivity index (χ3v) is 2.92. The van der Waals surface area contributed by atoms with Crippen molar-refractivity contribution in [1.82, 2.24) is 10.2 Å². The van der Waals surface area contributed by atoms with Crippen molar-refractivity contribution in [3.8, 4) is 5.88 Å². The molecule has 5 heteroatoms. The first-order chi connectivity index (χ1) is 7.34. The molecular weight excluding hydrogens is 232 g/mol. The summed E-state index contributed by atoms with van der Waals surface area (Å²) in [6, 6.07) is 7.49. The number of hydrogen-bond donors (Lipinski definition) is 0. The van der Waals surface area contributed by atoms with Crippen LogP contribution in [0.25, 0.3) is 0 Å². The summed E-state index contributed by atoms with van der Waals surface area (Å²) in [6.07, 6.45) is 0.891. The van der Waals surface area contributed by atoms with E-state index in [0.717, 1.165) is 6.42 Å². The second-order valence-electron chi connectivity index (χ2n) is 2.87. The molecule has 78 valence electrons. The van der Waals surface area contributed by atoms with Gasteiger partial charge in [0.25, 0.3) is 0 Å². The Hall–Kier alpha value is -1.13. The highest BCUT2D eigenvalue weighted by Crippen LogP contribution is 2.11. The normalized spacial score (nSPS) is 10.2. The van der Waals surface area contributed by atoms with Gasteiger partial charge in [-0.1, -0.05) is 17.7 Å². The van der Waals surface area contributed by atoms with E-state index in [4.69, 9.17) is 16.3 Å². The van der Waals surface area contributed by atoms with Crippen LogP contribution in [0, 0.1) is 0 Å². The molecule has 0 amide bonds. The molecule has 2 rings (SSSR count). The quantitative estimate of drug-likeness (QED) is 0.824. The van der Waals surface area contributed by atoms with Gasteiger partial charge in [-0.25, -0.2) is 0 Å². The van der Waals surface area contributed by atoms with Crippen LogP contribution in [0.3, 0.4) is 0 Å². The molecule has 2 aromatic heterocycles. The Balaban J connectivity index is 1.81. The van der Waals surface area contributed by atoms with Crippen molar-refractivity contribution >= 4 is 22.9 Å². The Bertz CT molecular complexity index is 402. The van der Waals surface area contributed by atoms with E-state index in [1.54, 1.807) is 23.5 Å². The second kappa shape index (κ2) is 5.09. The molecule has 0 N–H and O–H groups in total. The zero-order chi connectivity index (χ0) is 10.5. The van der Waals surface area contributed by atoms with Gasteiger partial charge in [0.1, 0.15) is 0 Å². The molecule has 0 unspecified atom stereocenters. The van der Waals surface area contributed by atoms with Crippen molar-refractivity contribution in [3.05, 3.63) is 39.7 Å². The lowest BCUT2D eigenvalue weighted by Crippen LogP contribution is -2.02. The van der Waals surface area contributed by atoms with Crippen LogP contribution in [0.4, 0.5) is 0 Å². The van der Waals surface area contributed by atoms with Crippen molar-refractivity contribution in [2.24, 2.45) is 0 Å². The van der Waals surface area contributed by atoms with Crippen molar-refractivity contribution in [1.29, 1.82) is 0 Å². The average Bonchev–Trinajstić information content (AvgIpc) is 2.74. The molecule has 0 aliphatic rings. The summed E-state index contributed by atoms with van der Waals surface area (Å²) in [5.74, 6) is 0.510. The lowest BCUT2D eigenvalue weighted by atomic mass is 10.4. The van der Waals surface area contributed by atoms with Crippen LogP contribution in [0.1, 0.15) is 4.88 Å². The van der Waals surface area contributed by atoms with Crippen molar-refractivity contribution in [2.75, 3.05) is 6.61 Å². The first-order valence-electron chi connectivity index (χ1n) is 4.49. The predicted octanol–water partition coefficient (Wildman–Crippen LogP) is 2.81. The highest BCUT2D eigenvalue weighted by atomic mass is 35.5. The molecule has 0 aliphatic carbocycles. The molecule has 0 radical (unpaired) electrons. The largest absolute Gasteiger partial charge is 0.476 e. The van der Waals surface area contributed by atoms with Crippen LogP contribution in [0.2, 0.25) is 5.15 Å². The van der Waals surface area contributed by atoms with Crippen LogP contribution in [-0.2, 0) is 6.42 Å². The molecule has 3 nitrogen and oxygen atoms in total. The van der Waals surface area contributed by atoms with E-state index in [1.807, 2.05) is 6.07 Å². The number of rotatable bonds is 4. The molecule has 0 fully saturated rings. The van der Waals surface area contributed by atoms with E-state index in [2.05, 4.69) is 21.6 Å². The van der Waals surface area contributed by atoms with Gasteiger partial charge in [0.2, 0.25) is 5.88 Å². The number of halogens is 1. The highest BCUT2D eigenvalue weighted by Gasteiger charge is 1.98. The summed E-state index contributed by atoms with van der Waals surface area (Å²) in [7, 11) is 0. The molecule has 0 aromatic carbocycles. The van der Waals surface area contributed by atoms with Gasteiger partial charge in [-0.3, -0.25) is 0 Å². The summed E-state index contributed by atoms with van der Waals surface area (Å²) in [4.78, 5) is 1.30. The number of thiophene rings is 1. The van der Waals surface area contributed by atoms with Crippen LogP contribution >= 0.6 is 22.9 Å². The van der Waals surface area contributed by atoms with Crippen molar-refractivity contribution in [3.63, 3.8) is 0 Å². The van der Waals surface area contributed by atoms with E-state index >= 15 is 0 Å². The van der Waals surface area contributed by atoms with E-state index in [9.17, 15) is 0 Å². The first-order valence-corrected chi connectivity index (χ1v) is 5.75. The second-order valence-corrected chi connectivity index (χ2v) is 4.29. The minimum atomic E-state index is 0.376. The summed E-state index contributed by atoms with van der Waals surface area (Å²) in [5, 5.41) is 9.91. The van der Waals surface area contributed by atoms with Gasteiger partial charge in [-0.05, 0) is 17.5 Å². The molecule has 0 aliphatic heterocycles. The van der Waals surface area contributed by atoms with E-state index in [-0.39, 0.29) is 0 Å². The zero-order valence-corrected chi connectivity index (χ0v) is 9.46. The molecule has 0 saturated carbocycles. The maximum atomic E-state index is 5.60. The fourth-order valence-corrected chi connectivity index (χ4v) is 1.88. The molecule has 0 spiro atoms. The first kappa shape index (κ1) is 10.4. The highest BCUT2D eigenvalue weighted by molar-refractivity contribution is 7.09. The van der Waals surface area contributed by atoms with Gasteiger partial charge in [0, 0.05) is 17.4 Å². The van der Waals surface area contributed by atoms with Crippen molar-refractivity contribution < 1.29 is 4.74 Å². The Morgan fingerprint density at radius 2 is 2.20 bits per heavy atom. The number of nitrogens with zero attached hydrogens (tertiary/aromatic N) is 2. The van der Waals surface area contributed by atoms with Crippen LogP contribution in [-0.4, -0.2) is 16.8 Å². The molecule has 2 heterocycles. The predicted molar refractivity (Wildman–Crippen MR) is 60.6 cm³/mol. The maximum absolute atomic E-state index is 5.60. The van der Waals surface area contributed by atoms with Crippen LogP contribution in [0.15, 0.2) is 29.6 Å². The van der Waals surface area contributed by atoms with Crippen molar-refractivity contribution in [2.45, 2.75) is 6.42 Å². The SMILES string of the molecule is Clc1ccc(OCCc2cccs2)nn1. The molecule has 0 bridgehead atoms. The fourth-order valence-electron chi connectivity index (χ4n) is 1.09. The Morgan fingerprint density at radius 1 is 1.27 bits per heavy atom. The topological polar surface area (TPSA) is 35.0 Å². The zero-order valence-electron chi connectivity index (χ0n) is 7.89. The number of aromatic nitrogens is 2. The third kappa shape index (κ3) is 3.18. The lowest BCUT2D eigenvalue weighted by molar-refractivity contribution is 0.306. The Labute approximate surface area is 96.7 Å². The smallest absolute Gasteiger partial charge is 0.233 e. The van der Waals surface area contributed by atoms with Gasteiger partial charge in [-0.15, -0.1) is 21.5 Å². The minimum Gasteiger partial charge on any atom is -0.476 e. The van der Waals surface area contributed by atoms with Crippen LogP contribution in [0.5, 0.6) is 5.88 Å². The van der Waals surface area contributed by atoms with Gasteiger partial charge >= 0.3 is 0 Å².